The fraction of sp³-hybridized carbons (Fsp3) is 0.350. The number of nitrogens with two attached hydrogens (primary N) is 1. The van der Waals surface area contributed by atoms with Gasteiger partial charge in [0.25, 0.3) is 0 Å². The zero-order chi connectivity index (χ0) is 21.0. The number of alkyl halides is 3. The molecule has 1 aliphatic heterocycles. The number of carbonyl (C=O) groups is 2. The molecule has 1 aliphatic rings. The number of hydrogen-bond donors (Lipinski definition) is 2. The second kappa shape index (κ2) is 8.50. The molecule has 1 saturated heterocycles. The highest BCUT2D eigenvalue weighted by Crippen LogP contribution is 2.29. The predicted octanol–water partition coefficient (Wildman–Crippen LogP) is 2.98. The summed E-state index contributed by atoms with van der Waals surface area (Å²) in [6.45, 7) is 1.27. The molecule has 1 aromatic carbocycles. The lowest BCUT2D eigenvalue weighted by Crippen LogP contribution is -2.41. The van der Waals surface area contributed by atoms with E-state index in [2.05, 4.69) is 10.3 Å². The van der Waals surface area contributed by atoms with Crippen molar-refractivity contribution in [1.82, 2.24) is 4.98 Å². The van der Waals surface area contributed by atoms with E-state index in [0.717, 1.165) is 31.5 Å². The third-order valence-corrected chi connectivity index (χ3v) is 4.80. The van der Waals surface area contributed by atoms with Crippen molar-refractivity contribution in [1.29, 1.82) is 0 Å². The number of amides is 2. The van der Waals surface area contributed by atoms with Crippen molar-refractivity contribution in [2.24, 2.45) is 11.7 Å². The highest BCUT2D eigenvalue weighted by Gasteiger charge is 2.30. The summed E-state index contributed by atoms with van der Waals surface area (Å²) in [5.74, 6) is -0.303. The number of nitrogens with one attached hydrogen (secondary N) is 1. The average molecular weight is 406 g/mol. The van der Waals surface area contributed by atoms with E-state index < -0.39 is 17.6 Å². The van der Waals surface area contributed by atoms with Gasteiger partial charge in [-0.2, -0.15) is 13.2 Å². The van der Waals surface area contributed by atoms with Gasteiger partial charge in [-0.05, 0) is 36.6 Å². The Hall–Kier alpha value is -3.10. The number of hydrogen-bond acceptors (Lipinski definition) is 4. The highest BCUT2D eigenvalue weighted by atomic mass is 19.4. The molecule has 2 heterocycles. The van der Waals surface area contributed by atoms with E-state index in [1.165, 1.54) is 18.3 Å². The smallest absolute Gasteiger partial charge is 0.369 e. The lowest BCUT2D eigenvalue weighted by atomic mass is 9.97. The Labute approximate surface area is 165 Å². The number of piperidine rings is 1. The van der Waals surface area contributed by atoms with Gasteiger partial charge in [-0.15, -0.1) is 0 Å². The van der Waals surface area contributed by atoms with Crippen LogP contribution >= 0.6 is 0 Å². The molecule has 2 amide bonds. The first kappa shape index (κ1) is 20.6. The summed E-state index contributed by atoms with van der Waals surface area (Å²) in [7, 11) is 0. The monoisotopic (exact) mass is 406 g/mol. The summed E-state index contributed by atoms with van der Waals surface area (Å²) in [5, 5.41) is 2.63. The van der Waals surface area contributed by atoms with Crippen LogP contribution in [0, 0.1) is 5.92 Å². The largest absolute Gasteiger partial charge is 0.416 e. The number of pyridine rings is 1. The maximum atomic E-state index is 12.8. The molecule has 0 saturated carbocycles. The Kier molecular flexibility index (Phi) is 6.05. The van der Waals surface area contributed by atoms with Gasteiger partial charge in [-0.3, -0.25) is 9.59 Å². The first-order valence-corrected chi connectivity index (χ1v) is 9.18. The molecule has 3 rings (SSSR count). The number of benzene rings is 1. The molecule has 2 aromatic rings. The summed E-state index contributed by atoms with van der Waals surface area (Å²) >= 11 is 0. The van der Waals surface area contributed by atoms with E-state index in [1.807, 2.05) is 4.90 Å². The minimum atomic E-state index is -4.45. The summed E-state index contributed by atoms with van der Waals surface area (Å²) in [6, 6.07) is 8.07. The third-order valence-electron chi connectivity index (χ3n) is 4.80. The molecule has 1 fully saturated rings. The van der Waals surface area contributed by atoms with Gasteiger partial charge in [-0.1, -0.05) is 18.2 Å². The van der Waals surface area contributed by atoms with Crippen LogP contribution in [0.15, 0.2) is 42.6 Å². The number of rotatable bonds is 5. The zero-order valence-corrected chi connectivity index (χ0v) is 15.6. The van der Waals surface area contributed by atoms with E-state index in [4.69, 9.17) is 5.73 Å². The van der Waals surface area contributed by atoms with Crippen LogP contribution < -0.4 is 16.0 Å². The number of nitrogens with zero attached hydrogens (tertiary/aromatic N) is 2. The Bertz CT molecular complexity index is 884. The Morgan fingerprint density at radius 2 is 2.03 bits per heavy atom. The standard InChI is InChI=1S/C20H21F3N4O2/c21-20(22,23)15-5-1-3-13(9-15)10-18(28)26-16-6-7-17(25-11-16)27-8-2-4-14(12-27)19(24)29/h1,3,5-7,9,11,14H,2,4,8,10,12H2,(H2,24,29)(H,26,28). The summed E-state index contributed by atoms with van der Waals surface area (Å²) in [5.41, 5.74) is 5.31. The van der Waals surface area contributed by atoms with Gasteiger partial charge in [0, 0.05) is 13.1 Å². The first-order chi connectivity index (χ1) is 13.7. The van der Waals surface area contributed by atoms with Gasteiger partial charge in [0.2, 0.25) is 11.8 Å². The number of primary amides is 1. The van der Waals surface area contributed by atoms with Gasteiger partial charge >= 0.3 is 6.18 Å². The van der Waals surface area contributed by atoms with E-state index in [1.54, 1.807) is 12.1 Å². The van der Waals surface area contributed by atoms with E-state index >= 15 is 0 Å². The molecule has 29 heavy (non-hydrogen) atoms. The topological polar surface area (TPSA) is 88.3 Å². The number of anilines is 2. The third kappa shape index (κ3) is 5.46. The van der Waals surface area contributed by atoms with Crippen LogP contribution in [0.4, 0.5) is 24.7 Å². The lowest BCUT2D eigenvalue weighted by Gasteiger charge is -2.32. The van der Waals surface area contributed by atoms with Gasteiger partial charge in [0.15, 0.2) is 0 Å². The molecule has 154 valence electrons. The highest BCUT2D eigenvalue weighted by molar-refractivity contribution is 5.92. The molecule has 1 unspecified atom stereocenters. The van der Waals surface area contributed by atoms with Crippen molar-refractivity contribution < 1.29 is 22.8 Å². The van der Waals surface area contributed by atoms with Crippen LogP contribution in [0.5, 0.6) is 0 Å². The minimum absolute atomic E-state index is 0.182. The second-order valence-corrected chi connectivity index (χ2v) is 7.02. The summed E-state index contributed by atoms with van der Waals surface area (Å²) in [4.78, 5) is 29.8. The van der Waals surface area contributed by atoms with Crippen LogP contribution in [0.25, 0.3) is 0 Å². The van der Waals surface area contributed by atoms with Gasteiger partial charge in [0.1, 0.15) is 5.82 Å². The zero-order valence-electron chi connectivity index (χ0n) is 15.6. The SMILES string of the molecule is NC(=O)C1CCCN(c2ccc(NC(=O)Cc3cccc(C(F)(F)F)c3)cn2)C1. The van der Waals surface area contributed by atoms with Crippen LogP contribution in [-0.2, 0) is 22.2 Å². The molecule has 0 aliphatic carbocycles. The van der Waals surface area contributed by atoms with Gasteiger partial charge < -0.3 is 16.0 Å². The van der Waals surface area contributed by atoms with Crippen molar-refractivity contribution in [3.05, 3.63) is 53.7 Å². The number of aromatic nitrogens is 1. The number of halogens is 3. The molecule has 1 aromatic heterocycles. The van der Waals surface area contributed by atoms with Crippen LogP contribution in [0.1, 0.15) is 24.0 Å². The fourth-order valence-electron chi connectivity index (χ4n) is 3.31. The van der Waals surface area contributed by atoms with Crippen LogP contribution in [0.3, 0.4) is 0 Å². The molecular weight excluding hydrogens is 385 g/mol. The molecule has 0 bridgehead atoms. The Morgan fingerprint density at radius 3 is 2.69 bits per heavy atom. The molecule has 0 radical (unpaired) electrons. The second-order valence-electron chi connectivity index (χ2n) is 7.02. The maximum Gasteiger partial charge on any atom is 0.416 e. The molecule has 9 heteroatoms. The van der Waals surface area contributed by atoms with Crippen molar-refractivity contribution in [2.45, 2.75) is 25.4 Å². The van der Waals surface area contributed by atoms with Crippen molar-refractivity contribution >= 4 is 23.3 Å². The van der Waals surface area contributed by atoms with Crippen molar-refractivity contribution in [2.75, 3.05) is 23.3 Å². The molecule has 0 spiro atoms. The molecular formula is C20H21F3N4O2. The number of carbonyl (C=O) groups excluding carboxylic acids is 2. The van der Waals surface area contributed by atoms with Crippen LogP contribution in [-0.4, -0.2) is 29.9 Å². The van der Waals surface area contributed by atoms with Gasteiger partial charge in [0.05, 0.1) is 29.8 Å². The van der Waals surface area contributed by atoms with Crippen molar-refractivity contribution in [3.8, 4) is 0 Å². The van der Waals surface area contributed by atoms with Crippen LogP contribution in [0.2, 0.25) is 0 Å². The fourth-order valence-corrected chi connectivity index (χ4v) is 3.31. The van der Waals surface area contributed by atoms with E-state index in [0.29, 0.717) is 18.1 Å². The van der Waals surface area contributed by atoms with E-state index in [-0.39, 0.29) is 23.8 Å². The predicted molar refractivity (Wildman–Crippen MR) is 102 cm³/mol. The molecule has 1 atom stereocenters. The molecule has 3 N–H and O–H groups in total. The minimum Gasteiger partial charge on any atom is -0.369 e. The Morgan fingerprint density at radius 1 is 1.24 bits per heavy atom. The molecule has 6 nitrogen and oxygen atoms in total. The average Bonchev–Trinajstić information content (AvgIpc) is 2.68. The normalized spacial score (nSPS) is 17.1. The quantitative estimate of drug-likeness (QED) is 0.799. The first-order valence-electron chi connectivity index (χ1n) is 9.18. The Balaban J connectivity index is 1.60. The van der Waals surface area contributed by atoms with Gasteiger partial charge in [-0.25, -0.2) is 4.98 Å². The maximum absolute atomic E-state index is 12.8. The lowest BCUT2D eigenvalue weighted by molar-refractivity contribution is -0.137. The summed E-state index contributed by atoms with van der Waals surface area (Å²) in [6.07, 6.45) is -1.56. The van der Waals surface area contributed by atoms with E-state index in [9.17, 15) is 22.8 Å². The summed E-state index contributed by atoms with van der Waals surface area (Å²) < 4.78 is 38.3. The van der Waals surface area contributed by atoms with Crippen molar-refractivity contribution in [3.63, 3.8) is 0 Å².